The lowest BCUT2D eigenvalue weighted by Crippen LogP contribution is -2.19. The van der Waals surface area contributed by atoms with Gasteiger partial charge in [0.1, 0.15) is 5.75 Å². The van der Waals surface area contributed by atoms with E-state index in [0.29, 0.717) is 0 Å². The standard InChI is InChI=1S/C13H22N2O/c1-16-13-7-5-12(6-8-13)4-2-10-15-11-3-9-14/h5-8,15H,2-4,9-11,14H2,1H3. The van der Waals surface area contributed by atoms with Gasteiger partial charge < -0.3 is 15.8 Å². The molecule has 3 N–H and O–H groups in total. The van der Waals surface area contributed by atoms with E-state index in [1.807, 2.05) is 12.1 Å². The van der Waals surface area contributed by atoms with Crippen molar-refractivity contribution < 1.29 is 4.74 Å². The minimum atomic E-state index is 0.769. The number of methoxy groups -OCH3 is 1. The van der Waals surface area contributed by atoms with Crippen LogP contribution in [0.4, 0.5) is 0 Å². The van der Waals surface area contributed by atoms with E-state index in [9.17, 15) is 0 Å². The summed E-state index contributed by atoms with van der Waals surface area (Å²) >= 11 is 0. The second-order valence-corrected chi connectivity index (χ2v) is 3.84. The normalized spacial score (nSPS) is 10.4. The number of ether oxygens (including phenoxy) is 1. The summed E-state index contributed by atoms with van der Waals surface area (Å²) in [7, 11) is 1.69. The van der Waals surface area contributed by atoms with E-state index in [1.165, 1.54) is 5.56 Å². The highest BCUT2D eigenvalue weighted by Crippen LogP contribution is 2.12. The van der Waals surface area contributed by atoms with Crippen molar-refractivity contribution >= 4 is 0 Å². The van der Waals surface area contributed by atoms with Crippen LogP contribution in [0.2, 0.25) is 0 Å². The molecule has 0 bridgehead atoms. The van der Waals surface area contributed by atoms with Crippen LogP contribution in [0.3, 0.4) is 0 Å². The topological polar surface area (TPSA) is 47.3 Å². The van der Waals surface area contributed by atoms with E-state index < -0.39 is 0 Å². The van der Waals surface area contributed by atoms with Crippen LogP contribution < -0.4 is 15.8 Å². The first-order valence-electron chi connectivity index (χ1n) is 5.90. The second kappa shape index (κ2) is 8.13. The summed E-state index contributed by atoms with van der Waals surface area (Å²) in [4.78, 5) is 0. The number of nitrogens with one attached hydrogen (secondary N) is 1. The monoisotopic (exact) mass is 222 g/mol. The van der Waals surface area contributed by atoms with Crippen LogP contribution >= 0.6 is 0 Å². The smallest absolute Gasteiger partial charge is 0.118 e. The van der Waals surface area contributed by atoms with Crippen LogP contribution in [0.1, 0.15) is 18.4 Å². The zero-order valence-corrected chi connectivity index (χ0v) is 10.0. The summed E-state index contributed by atoms with van der Waals surface area (Å²) in [5.41, 5.74) is 6.77. The van der Waals surface area contributed by atoms with Crippen LogP contribution in [0.5, 0.6) is 5.75 Å². The van der Waals surface area contributed by atoms with Crippen molar-refractivity contribution in [2.24, 2.45) is 5.73 Å². The molecule has 3 heteroatoms. The highest BCUT2D eigenvalue weighted by atomic mass is 16.5. The fraction of sp³-hybridized carbons (Fsp3) is 0.538. The minimum Gasteiger partial charge on any atom is -0.497 e. The molecule has 0 amide bonds. The van der Waals surface area contributed by atoms with Gasteiger partial charge in [-0.1, -0.05) is 12.1 Å². The first-order chi connectivity index (χ1) is 7.86. The van der Waals surface area contributed by atoms with E-state index >= 15 is 0 Å². The molecular formula is C13H22N2O. The molecule has 0 heterocycles. The molecule has 1 rings (SSSR count). The zero-order chi connectivity index (χ0) is 11.6. The molecule has 0 saturated carbocycles. The molecule has 0 aromatic heterocycles. The predicted molar refractivity (Wildman–Crippen MR) is 67.9 cm³/mol. The van der Waals surface area contributed by atoms with Gasteiger partial charge in [0.25, 0.3) is 0 Å². The van der Waals surface area contributed by atoms with Crippen LogP contribution in [-0.2, 0) is 6.42 Å². The van der Waals surface area contributed by atoms with Gasteiger partial charge in [0.15, 0.2) is 0 Å². The second-order valence-electron chi connectivity index (χ2n) is 3.84. The molecule has 0 atom stereocenters. The molecule has 16 heavy (non-hydrogen) atoms. The van der Waals surface area contributed by atoms with Crippen molar-refractivity contribution in [2.75, 3.05) is 26.7 Å². The van der Waals surface area contributed by atoms with Gasteiger partial charge in [0.2, 0.25) is 0 Å². The van der Waals surface area contributed by atoms with Crippen LogP contribution in [0, 0.1) is 0 Å². The van der Waals surface area contributed by atoms with Gasteiger partial charge in [-0.15, -0.1) is 0 Å². The lowest BCUT2D eigenvalue weighted by Gasteiger charge is -2.05. The molecule has 0 aliphatic heterocycles. The Hall–Kier alpha value is -1.06. The summed E-state index contributed by atoms with van der Waals surface area (Å²) in [6, 6.07) is 8.27. The Bertz CT molecular complexity index is 272. The molecule has 0 aliphatic carbocycles. The molecular weight excluding hydrogens is 200 g/mol. The number of nitrogens with two attached hydrogens (primary N) is 1. The van der Waals surface area contributed by atoms with E-state index in [2.05, 4.69) is 17.4 Å². The predicted octanol–water partition coefficient (Wildman–Crippen LogP) is 1.57. The van der Waals surface area contributed by atoms with Gasteiger partial charge in [-0.05, 0) is 56.6 Å². The Balaban J connectivity index is 2.12. The molecule has 3 nitrogen and oxygen atoms in total. The Morgan fingerprint density at radius 1 is 1.12 bits per heavy atom. The number of hydrogen-bond acceptors (Lipinski definition) is 3. The molecule has 0 radical (unpaired) electrons. The molecule has 0 aliphatic rings. The highest BCUT2D eigenvalue weighted by molar-refractivity contribution is 5.27. The van der Waals surface area contributed by atoms with Gasteiger partial charge in [-0.25, -0.2) is 0 Å². The van der Waals surface area contributed by atoms with Crippen molar-refractivity contribution in [3.63, 3.8) is 0 Å². The zero-order valence-electron chi connectivity index (χ0n) is 10.0. The molecule has 90 valence electrons. The quantitative estimate of drug-likeness (QED) is 0.656. The summed E-state index contributed by atoms with van der Waals surface area (Å²) in [5.74, 6) is 0.921. The third kappa shape index (κ3) is 5.14. The maximum Gasteiger partial charge on any atom is 0.118 e. The third-order valence-electron chi connectivity index (χ3n) is 2.54. The number of benzene rings is 1. The summed E-state index contributed by atoms with van der Waals surface area (Å²) in [6.07, 6.45) is 3.33. The molecule has 0 saturated heterocycles. The van der Waals surface area contributed by atoms with Gasteiger partial charge in [-0.2, -0.15) is 0 Å². The Kier molecular flexibility index (Phi) is 6.61. The Morgan fingerprint density at radius 2 is 1.81 bits per heavy atom. The van der Waals surface area contributed by atoms with E-state index in [1.54, 1.807) is 7.11 Å². The number of hydrogen-bond donors (Lipinski definition) is 2. The fourth-order valence-corrected chi connectivity index (χ4v) is 1.56. The molecule has 0 spiro atoms. The average Bonchev–Trinajstić information content (AvgIpc) is 2.34. The Labute approximate surface area is 98.0 Å². The van der Waals surface area contributed by atoms with Gasteiger partial charge in [-0.3, -0.25) is 0 Å². The minimum absolute atomic E-state index is 0.769. The lowest BCUT2D eigenvalue weighted by atomic mass is 10.1. The maximum absolute atomic E-state index is 5.41. The summed E-state index contributed by atoms with van der Waals surface area (Å²) < 4.78 is 5.11. The largest absolute Gasteiger partial charge is 0.497 e. The average molecular weight is 222 g/mol. The first kappa shape index (κ1) is 13.0. The van der Waals surface area contributed by atoms with Crippen molar-refractivity contribution in [3.05, 3.63) is 29.8 Å². The maximum atomic E-state index is 5.41. The van der Waals surface area contributed by atoms with Crippen molar-refractivity contribution in [3.8, 4) is 5.75 Å². The van der Waals surface area contributed by atoms with Gasteiger partial charge >= 0.3 is 0 Å². The van der Waals surface area contributed by atoms with Crippen molar-refractivity contribution in [2.45, 2.75) is 19.3 Å². The molecule has 1 aromatic carbocycles. The van der Waals surface area contributed by atoms with Crippen molar-refractivity contribution in [1.82, 2.24) is 5.32 Å². The number of aryl methyl sites for hydroxylation is 1. The third-order valence-corrected chi connectivity index (χ3v) is 2.54. The first-order valence-corrected chi connectivity index (χ1v) is 5.90. The lowest BCUT2D eigenvalue weighted by molar-refractivity contribution is 0.414. The number of rotatable bonds is 8. The van der Waals surface area contributed by atoms with Crippen LogP contribution in [-0.4, -0.2) is 26.7 Å². The summed E-state index contributed by atoms with van der Waals surface area (Å²) in [6.45, 7) is 2.86. The molecule has 1 aromatic rings. The highest BCUT2D eigenvalue weighted by Gasteiger charge is 1.94. The van der Waals surface area contributed by atoms with Gasteiger partial charge in [0.05, 0.1) is 7.11 Å². The van der Waals surface area contributed by atoms with E-state index in [0.717, 1.165) is 44.6 Å². The van der Waals surface area contributed by atoms with Crippen molar-refractivity contribution in [1.29, 1.82) is 0 Å². The Morgan fingerprint density at radius 3 is 2.44 bits per heavy atom. The van der Waals surface area contributed by atoms with E-state index in [-0.39, 0.29) is 0 Å². The van der Waals surface area contributed by atoms with Crippen LogP contribution in [0.15, 0.2) is 24.3 Å². The van der Waals surface area contributed by atoms with Crippen LogP contribution in [0.25, 0.3) is 0 Å². The fourth-order valence-electron chi connectivity index (χ4n) is 1.56. The SMILES string of the molecule is COc1ccc(CCCNCCCN)cc1. The molecule has 0 unspecified atom stereocenters. The van der Waals surface area contributed by atoms with Gasteiger partial charge in [0, 0.05) is 0 Å². The molecule has 0 fully saturated rings. The summed E-state index contributed by atoms with van der Waals surface area (Å²) in [5, 5.41) is 3.37. The van der Waals surface area contributed by atoms with E-state index in [4.69, 9.17) is 10.5 Å².